The summed E-state index contributed by atoms with van der Waals surface area (Å²) in [5.74, 6) is 0.279. The molecule has 130 valence electrons. The molecule has 0 unspecified atom stereocenters. The quantitative estimate of drug-likeness (QED) is 0.544. The van der Waals surface area contributed by atoms with Crippen LogP contribution in [0.15, 0.2) is 46.3 Å². The number of thioether (sulfide) groups is 1. The van der Waals surface area contributed by atoms with Gasteiger partial charge in [0.1, 0.15) is 0 Å². The Morgan fingerprint density at radius 3 is 2.60 bits per heavy atom. The molecule has 6 nitrogen and oxygen atoms in total. The molecule has 0 saturated carbocycles. The summed E-state index contributed by atoms with van der Waals surface area (Å²) in [5, 5.41) is 6.80. The van der Waals surface area contributed by atoms with E-state index in [9.17, 15) is 9.59 Å². The fourth-order valence-electron chi connectivity index (χ4n) is 2.76. The molecule has 3 aromatic rings. The number of H-pyrrole nitrogens is 1. The summed E-state index contributed by atoms with van der Waals surface area (Å²) in [6.07, 6.45) is 0. The smallest absolute Gasteiger partial charge is 0.343 e. The minimum absolute atomic E-state index is 0.0351. The van der Waals surface area contributed by atoms with Crippen molar-refractivity contribution in [3.63, 3.8) is 0 Å². The van der Waals surface area contributed by atoms with E-state index in [0.29, 0.717) is 5.16 Å². The molecular formula is C18H20N4O2S. The van der Waals surface area contributed by atoms with Gasteiger partial charge in [-0.2, -0.15) is 0 Å². The number of rotatable bonds is 6. The summed E-state index contributed by atoms with van der Waals surface area (Å²) < 4.78 is 3.55. The van der Waals surface area contributed by atoms with E-state index in [1.165, 1.54) is 21.9 Å². The lowest BCUT2D eigenvalue weighted by Crippen LogP contribution is -2.13. The molecule has 2 aromatic heterocycles. The van der Waals surface area contributed by atoms with E-state index in [1.54, 1.807) is 7.05 Å². The monoisotopic (exact) mass is 356 g/mol. The largest absolute Gasteiger partial charge is 0.344 e. The Morgan fingerprint density at radius 2 is 1.96 bits per heavy atom. The molecule has 0 bridgehead atoms. The summed E-state index contributed by atoms with van der Waals surface area (Å²) in [4.78, 5) is 24.0. The van der Waals surface area contributed by atoms with Crippen molar-refractivity contribution in [3.05, 3.63) is 69.4 Å². The Morgan fingerprint density at radius 1 is 1.24 bits per heavy atom. The topological polar surface area (TPSA) is 72.7 Å². The molecule has 0 aliphatic heterocycles. The van der Waals surface area contributed by atoms with Crippen LogP contribution >= 0.6 is 11.8 Å². The highest BCUT2D eigenvalue weighted by Crippen LogP contribution is 2.21. The number of Topliss-reactive ketones (excluding diaryl/α,β-unsaturated/α-hetero) is 1. The van der Waals surface area contributed by atoms with Gasteiger partial charge in [0, 0.05) is 30.5 Å². The zero-order chi connectivity index (χ0) is 18.0. The van der Waals surface area contributed by atoms with Crippen LogP contribution in [0.2, 0.25) is 0 Å². The van der Waals surface area contributed by atoms with Crippen molar-refractivity contribution in [1.29, 1.82) is 0 Å². The van der Waals surface area contributed by atoms with Crippen molar-refractivity contribution in [2.24, 2.45) is 7.05 Å². The van der Waals surface area contributed by atoms with Crippen LogP contribution in [0.4, 0.5) is 0 Å². The lowest BCUT2D eigenvalue weighted by atomic mass is 10.2. The number of hydrogen-bond donors (Lipinski definition) is 1. The van der Waals surface area contributed by atoms with Crippen LogP contribution in [-0.4, -0.2) is 30.9 Å². The highest BCUT2D eigenvalue weighted by Gasteiger charge is 2.17. The molecule has 0 saturated heterocycles. The number of nitrogens with one attached hydrogen (secondary N) is 1. The lowest BCUT2D eigenvalue weighted by Gasteiger charge is -2.10. The van der Waals surface area contributed by atoms with Gasteiger partial charge in [-0.3, -0.25) is 9.36 Å². The van der Waals surface area contributed by atoms with Crippen molar-refractivity contribution < 1.29 is 4.79 Å². The highest BCUT2D eigenvalue weighted by molar-refractivity contribution is 7.99. The number of nitrogens with zero attached hydrogens (tertiary/aromatic N) is 3. The molecule has 0 aliphatic rings. The van der Waals surface area contributed by atoms with Crippen molar-refractivity contribution >= 4 is 17.5 Å². The van der Waals surface area contributed by atoms with E-state index >= 15 is 0 Å². The van der Waals surface area contributed by atoms with Crippen molar-refractivity contribution in [3.8, 4) is 0 Å². The van der Waals surface area contributed by atoms with E-state index in [4.69, 9.17) is 0 Å². The summed E-state index contributed by atoms with van der Waals surface area (Å²) >= 11 is 1.26. The average Bonchev–Trinajstić information content (AvgIpc) is 3.08. The van der Waals surface area contributed by atoms with Gasteiger partial charge in [0.15, 0.2) is 10.9 Å². The van der Waals surface area contributed by atoms with Gasteiger partial charge in [-0.25, -0.2) is 9.89 Å². The Bertz CT molecular complexity index is 953. The number of benzene rings is 1. The normalized spacial score (nSPS) is 11.0. The molecule has 0 aliphatic carbocycles. The van der Waals surface area contributed by atoms with Gasteiger partial charge in [-0.15, -0.1) is 5.10 Å². The van der Waals surface area contributed by atoms with Gasteiger partial charge in [0.25, 0.3) is 0 Å². The number of carbonyl (C=O) groups excluding carboxylic acids is 1. The van der Waals surface area contributed by atoms with E-state index in [-0.39, 0.29) is 17.2 Å². The van der Waals surface area contributed by atoms with Gasteiger partial charge in [-0.05, 0) is 25.5 Å². The number of ketones is 1. The first kappa shape index (κ1) is 17.3. The zero-order valence-corrected chi connectivity index (χ0v) is 15.3. The molecule has 25 heavy (non-hydrogen) atoms. The zero-order valence-electron chi connectivity index (χ0n) is 14.4. The Balaban J connectivity index is 1.76. The summed E-state index contributed by atoms with van der Waals surface area (Å²) in [6, 6.07) is 12.1. The summed E-state index contributed by atoms with van der Waals surface area (Å²) in [7, 11) is 1.63. The minimum atomic E-state index is -0.281. The molecule has 0 atom stereocenters. The van der Waals surface area contributed by atoms with Gasteiger partial charge < -0.3 is 4.57 Å². The maximum absolute atomic E-state index is 12.6. The molecule has 3 rings (SSSR count). The van der Waals surface area contributed by atoms with Crippen molar-refractivity contribution in [2.45, 2.75) is 25.5 Å². The highest BCUT2D eigenvalue weighted by atomic mass is 32.2. The third-order valence-electron chi connectivity index (χ3n) is 4.23. The van der Waals surface area contributed by atoms with E-state index in [2.05, 4.69) is 26.9 Å². The van der Waals surface area contributed by atoms with Gasteiger partial charge >= 0.3 is 5.69 Å². The maximum Gasteiger partial charge on any atom is 0.343 e. The number of aromatic amines is 1. The predicted octanol–water partition coefficient (Wildman–Crippen LogP) is 2.55. The standard InChI is InChI=1S/C18H20N4O2S/c1-12-9-15(13(2)22(12)10-14-7-5-4-6-8-14)16(23)11-25-18-20-19-17(24)21(18)3/h4-9H,10-11H2,1-3H3,(H,19,24). The fraction of sp³-hybridized carbons (Fsp3) is 0.278. The second-order valence-electron chi connectivity index (χ2n) is 5.94. The predicted molar refractivity (Wildman–Crippen MR) is 98.3 cm³/mol. The van der Waals surface area contributed by atoms with Crippen LogP contribution < -0.4 is 5.69 Å². The molecule has 0 spiro atoms. The van der Waals surface area contributed by atoms with Crippen LogP contribution in [0, 0.1) is 13.8 Å². The molecular weight excluding hydrogens is 336 g/mol. The van der Waals surface area contributed by atoms with Crippen LogP contribution in [0.3, 0.4) is 0 Å². The van der Waals surface area contributed by atoms with Crippen LogP contribution in [0.25, 0.3) is 0 Å². The van der Waals surface area contributed by atoms with Gasteiger partial charge in [-0.1, -0.05) is 42.1 Å². The Hall–Kier alpha value is -2.54. The van der Waals surface area contributed by atoms with E-state index in [0.717, 1.165) is 23.5 Å². The minimum Gasteiger partial charge on any atom is -0.344 e. The van der Waals surface area contributed by atoms with Crippen molar-refractivity contribution in [2.75, 3.05) is 5.75 Å². The lowest BCUT2D eigenvalue weighted by molar-refractivity contribution is 0.102. The third kappa shape index (κ3) is 3.61. The SMILES string of the molecule is Cc1cc(C(=O)CSc2n[nH]c(=O)n2C)c(C)n1Cc1ccccc1. The molecule has 1 N–H and O–H groups in total. The molecule has 7 heteroatoms. The molecule has 0 fully saturated rings. The first-order valence-corrected chi connectivity index (χ1v) is 8.94. The van der Waals surface area contributed by atoms with E-state index in [1.807, 2.05) is 38.1 Å². The Kier molecular flexibility index (Phi) is 4.94. The Labute approximate surface area is 149 Å². The van der Waals surface area contributed by atoms with E-state index < -0.39 is 0 Å². The van der Waals surface area contributed by atoms with Crippen LogP contribution in [0.5, 0.6) is 0 Å². The molecule has 1 aromatic carbocycles. The second kappa shape index (κ2) is 7.14. The van der Waals surface area contributed by atoms with Crippen LogP contribution in [-0.2, 0) is 13.6 Å². The van der Waals surface area contributed by atoms with Crippen molar-refractivity contribution in [1.82, 2.24) is 19.3 Å². The molecule has 2 heterocycles. The first-order chi connectivity index (χ1) is 12.0. The molecule has 0 amide bonds. The molecule has 0 radical (unpaired) electrons. The average molecular weight is 356 g/mol. The maximum atomic E-state index is 12.6. The third-order valence-corrected chi connectivity index (χ3v) is 5.26. The number of aromatic nitrogens is 4. The second-order valence-corrected chi connectivity index (χ2v) is 6.88. The summed E-state index contributed by atoms with van der Waals surface area (Å²) in [6.45, 7) is 4.72. The summed E-state index contributed by atoms with van der Waals surface area (Å²) in [5.41, 5.74) is 3.66. The van der Waals surface area contributed by atoms with Crippen LogP contribution in [0.1, 0.15) is 27.3 Å². The number of aryl methyl sites for hydroxylation is 1. The number of hydrogen-bond acceptors (Lipinski definition) is 4. The number of carbonyl (C=O) groups is 1. The first-order valence-electron chi connectivity index (χ1n) is 7.95. The van der Waals surface area contributed by atoms with Gasteiger partial charge in [0.2, 0.25) is 0 Å². The van der Waals surface area contributed by atoms with Gasteiger partial charge in [0.05, 0.1) is 5.75 Å². The fourth-order valence-corrected chi connectivity index (χ4v) is 3.56.